The summed E-state index contributed by atoms with van der Waals surface area (Å²) in [6, 6.07) is 7.20. The van der Waals surface area contributed by atoms with Crippen LogP contribution in [0.5, 0.6) is 0 Å². The van der Waals surface area contributed by atoms with Crippen molar-refractivity contribution in [1.82, 2.24) is 10.6 Å². The van der Waals surface area contributed by atoms with E-state index in [1.165, 1.54) is 0 Å². The van der Waals surface area contributed by atoms with Gasteiger partial charge in [0.2, 0.25) is 0 Å². The number of benzene rings is 1. The van der Waals surface area contributed by atoms with Crippen LogP contribution in [0.3, 0.4) is 0 Å². The van der Waals surface area contributed by atoms with Gasteiger partial charge in [-0.15, -0.1) is 0 Å². The number of aryl methyl sites for hydroxylation is 1. The van der Waals surface area contributed by atoms with E-state index in [-0.39, 0.29) is 11.8 Å². The molecule has 0 saturated heterocycles. The average Bonchev–Trinajstić information content (AvgIpc) is 2.30. The molecular weight excluding hydrogens is 216 g/mol. The minimum Gasteiger partial charge on any atom is -0.338 e. The highest BCUT2D eigenvalue weighted by atomic mass is 16.2. The minimum atomic E-state index is -0.232. The van der Waals surface area contributed by atoms with Gasteiger partial charge in [0, 0.05) is 25.1 Å². The molecule has 0 atom stereocenters. The molecule has 4 heteroatoms. The number of ketones is 1. The summed E-state index contributed by atoms with van der Waals surface area (Å²) >= 11 is 0. The smallest absolute Gasteiger partial charge is 0.314 e. The van der Waals surface area contributed by atoms with Crippen LogP contribution in [-0.4, -0.2) is 24.9 Å². The van der Waals surface area contributed by atoms with Crippen LogP contribution in [-0.2, 0) is 0 Å². The van der Waals surface area contributed by atoms with E-state index < -0.39 is 0 Å². The van der Waals surface area contributed by atoms with Crippen molar-refractivity contribution in [3.05, 3.63) is 35.4 Å². The van der Waals surface area contributed by atoms with Gasteiger partial charge in [0.05, 0.1) is 0 Å². The van der Waals surface area contributed by atoms with Crippen LogP contribution in [0.15, 0.2) is 24.3 Å². The zero-order valence-corrected chi connectivity index (χ0v) is 10.2. The van der Waals surface area contributed by atoms with Gasteiger partial charge in [-0.3, -0.25) is 4.79 Å². The molecule has 92 valence electrons. The van der Waals surface area contributed by atoms with Crippen LogP contribution in [0, 0.1) is 6.92 Å². The maximum atomic E-state index is 11.7. The van der Waals surface area contributed by atoms with Crippen molar-refractivity contribution in [2.45, 2.75) is 20.3 Å². The Kier molecular flexibility index (Phi) is 5.20. The predicted octanol–water partition coefficient (Wildman–Crippen LogP) is 1.89. The Balaban J connectivity index is 2.35. The highest BCUT2D eigenvalue weighted by Gasteiger charge is 2.05. The summed E-state index contributed by atoms with van der Waals surface area (Å²) in [7, 11) is 0. The fraction of sp³-hybridized carbons (Fsp3) is 0.385. The number of nitrogens with one attached hydrogen (secondary N) is 2. The number of urea groups is 1. The number of rotatable bonds is 5. The summed E-state index contributed by atoms with van der Waals surface area (Å²) < 4.78 is 0. The van der Waals surface area contributed by atoms with Crippen molar-refractivity contribution in [3.63, 3.8) is 0 Å². The molecule has 0 aliphatic heterocycles. The molecule has 0 saturated carbocycles. The fourth-order valence-electron chi connectivity index (χ4n) is 1.40. The first-order valence-corrected chi connectivity index (χ1v) is 5.75. The van der Waals surface area contributed by atoms with Gasteiger partial charge >= 0.3 is 6.03 Å². The summed E-state index contributed by atoms with van der Waals surface area (Å²) in [5.41, 5.74) is 1.82. The summed E-state index contributed by atoms with van der Waals surface area (Å²) in [6.07, 6.45) is 0.320. The normalized spacial score (nSPS) is 9.76. The molecule has 0 aromatic heterocycles. The third-order valence-corrected chi connectivity index (χ3v) is 2.35. The van der Waals surface area contributed by atoms with E-state index in [2.05, 4.69) is 10.6 Å². The maximum Gasteiger partial charge on any atom is 0.314 e. The second-order valence-corrected chi connectivity index (χ2v) is 3.83. The predicted molar refractivity (Wildman–Crippen MR) is 67.2 cm³/mol. The van der Waals surface area contributed by atoms with Crippen LogP contribution in [0.2, 0.25) is 0 Å². The Hall–Kier alpha value is -1.84. The van der Waals surface area contributed by atoms with E-state index in [1.54, 1.807) is 0 Å². The molecule has 2 amide bonds. The Morgan fingerprint density at radius 1 is 1.12 bits per heavy atom. The number of amides is 2. The number of carbonyl (C=O) groups excluding carboxylic acids is 2. The number of hydrogen-bond acceptors (Lipinski definition) is 2. The van der Waals surface area contributed by atoms with Crippen LogP contribution in [0.25, 0.3) is 0 Å². The fourth-order valence-corrected chi connectivity index (χ4v) is 1.40. The van der Waals surface area contributed by atoms with Gasteiger partial charge in [-0.05, 0) is 13.8 Å². The first-order chi connectivity index (χ1) is 8.13. The van der Waals surface area contributed by atoms with Gasteiger partial charge in [-0.2, -0.15) is 0 Å². The minimum absolute atomic E-state index is 0.0433. The van der Waals surface area contributed by atoms with Crippen molar-refractivity contribution in [2.24, 2.45) is 0 Å². The molecule has 4 nitrogen and oxygen atoms in total. The summed E-state index contributed by atoms with van der Waals surface area (Å²) in [5.74, 6) is 0.0433. The van der Waals surface area contributed by atoms with Gasteiger partial charge in [0.25, 0.3) is 0 Å². The summed E-state index contributed by atoms with van der Waals surface area (Å²) in [6.45, 7) is 4.76. The highest BCUT2D eigenvalue weighted by Crippen LogP contribution is 2.05. The van der Waals surface area contributed by atoms with E-state index in [9.17, 15) is 9.59 Å². The van der Waals surface area contributed by atoms with E-state index in [0.29, 0.717) is 25.1 Å². The quantitative estimate of drug-likeness (QED) is 0.764. The van der Waals surface area contributed by atoms with E-state index >= 15 is 0 Å². The lowest BCUT2D eigenvalue weighted by Gasteiger charge is -2.05. The van der Waals surface area contributed by atoms with Gasteiger partial charge in [0.1, 0.15) is 0 Å². The molecule has 0 heterocycles. The molecule has 1 aromatic rings. The molecule has 17 heavy (non-hydrogen) atoms. The standard InChI is InChI=1S/C13H18N2O2/c1-3-14-13(17)15-9-8-12(16)11-6-4-10(2)5-7-11/h4-7H,3,8-9H2,1-2H3,(H2,14,15,17). The Morgan fingerprint density at radius 2 is 1.76 bits per heavy atom. The van der Waals surface area contributed by atoms with Crippen LogP contribution in [0.4, 0.5) is 4.79 Å². The summed E-state index contributed by atoms with van der Waals surface area (Å²) in [5, 5.41) is 5.23. The number of Topliss-reactive ketones (excluding diaryl/α,β-unsaturated/α-hetero) is 1. The second-order valence-electron chi connectivity index (χ2n) is 3.83. The SMILES string of the molecule is CCNC(=O)NCCC(=O)c1ccc(C)cc1. The molecule has 0 radical (unpaired) electrons. The topological polar surface area (TPSA) is 58.2 Å². The first kappa shape index (κ1) is 13.2. The lowest BCUT2D eigenvalue weighted by atomic mass is 10.1. The zero-order valence-electron chi connectivity index (χ0n) is 10.2. The van der Waals surface area contributed by atoms with Crippen molar-refractivity contribution < 1.29 is 9.59 Å². The molecule has 0 bridgehead atoms. The average molecular weight is 234 g/mol. The van der Waals surface area contributed by atoms with E-state index in [0.717, 1.165) is 5.56 Å². The number of carbonyl (C=O) groups is 2. The first-order valence-electron chi connectivity index (χ1n) is 5.75. The molecule has 0 aliphatic carbocycles. The van der Waals surface area contributed by atoms with Crippen molar-refractivity contribution in [3.8, 4) is 0 Å². The molecular formula is C13H18N2O2. The van der Waals surface area contributed by atoms with Crippen molar-refractivity contribution in [1.29, 1.82) is 0 Å². The maximum absolute atomic E-state index is 11.7. The van der Waals surface area contributed by atoms with Gasteiger partial charge in [-0.1, -0.05) is 29.8 Å². The van der Waals surface area contributed by atoms with Crippen molar-refractivity contribution in [2.75, 3.05) is 13.1 Å². The van der Waals surface area contributed by atoms with E-state index in [1.807, 2.05) is 38.1 Å². The van der Waals surface area contributed by atoms with Gasteiger partial charge in [-0.25, -0.2) is 4.79 Å². The molecule has 2 N–H and O–H groups in total. The monoisotopic (exact) mass is 234 g/mol. The van der Waals surface area contributed by atoms with Crippen LogP contribution < -0.4 is 10.6 Å². The Bertz CT molecular complexity index is 385. The molecule has 0 aliphatic rings. The van der Waals surface area contributed by atoms with Gasteiger partial charge in [0.15, 0.2) is 5.78 Å². The number of hydrogen-bond donors (Lipinski definition) is 2. The third kappa shape index (κ3) is 4.68. The molecule has 1 rings (SSSR count). The molecule has 0 unspecified atom stereocenters. The molecule has 0 spiro atoms. The van der Waals surface area contributed by atoms with Crippen LogP contribution >= 0.6 is 0 Å². The van der Waals surface area contributed by atoms with Crippen molar-refractivity contribution >= 4 is 11.8 Å². The van der Waals surface area contributed by atoms with E-state index in [4.69, 9.17) is 0 Å². The van der Waals surface area contributed by atoms with Gasteiger partial charge < -0.3 is 10.6 Å². The lowest BCUT2D eigenvalue weighted by molar-refractivity contribution is 0.0983. The molecule has 1 aromatic carbocycles. The third-order valence-electron chi connectivity index (χ3n) is 2.35. The Labute approximate surface area is 101 Å². The highest BCUT2D eigenvalue weighted by molar-refractivity contribution is 5.96. The zero-order chi connectivity index (χ0) is 12.7. The molecule has 0 fully saturated rings. The lowest BCUT2D eigenvalue weighted by Crippen LogP contribution is -2.36. The second kappa shape index (κ2) is 6.68. The van der Waals surface area contributed by atoms with Crippen LogP contribution in [0.1, 0.15) is 29.3 Å². The summed E-state index contributed by atoms with van der Waals surface area (Å²) in [4.78, 5) is 22.8. The Morgan fingerprint density at radius 3 is 2.35 bits per heavy atom. The largest absolute Gasteiger partial charge is 0.338 e.